The van der Waals surface area contributed by atoms with Gasteiger partial charge in [-0.05, 0) is 49.9 Å². The van der Waals surface area contributed by atoms with Crippen molar-refractivity contribution >= 4 is 15.9 Å². The molecule has 2 aliphatic heterocycles. The number of sulfonamides is 1. The molecule has 1 atom stereocenters. The first-order valence-corrected chi connectivity index (χ1v) is 11.4. The third-order valence-corrected chi connectivity index (χ3v) is 7.66. The zero-order valence-corrected chi connectivity index (χ0v) is 17.3. The minimum absolute atomic E-state index is 0.0126. The molecule has 0 saturated carbocycles. The molecule has 0 bridgehead atoms. The van der Waals surface area contributed by atoms with Crippen molar-refractivity contribution in [1.82, 2.24) is 19.4 Å². The lowest BCUT2D eigenvalue weighted by Gasteiger charge is -2.32. The Labute approximate surface area is 170 Å². The Hall–Kier alpha value is -2.39. The van der Waals surface area contributed by atoms with Crippen LogP contribution in [0.1, 0.15) is 47.7 Å². The maximum atomic E-state index is 13.1. The van der Waals surface area contributed by atoms with Gasteiger partial charge in [0.1, 0.15) is 5.75 Å². The van der Waals surface area contributed by atoms with Gasteiger partial charge in [0.25, 0.3) is 5.91 Å². The molecule has 2 saturated heterocycles. The van der Waals surface area contributed by atoms with E-state index in [-0.39, 0.29) is 16.7 Å². The normalized spacial score (nSPS) is 20.7. The molecule has 1 aromatic heterocycles. The largest absolute Gasteiger partial charge is 0.497 e. The second kappa shape index (κ2) is 8.16. The topological polar surface area (TPSA) is 95.6 Å². The predicted molar refractivity (Wildman–Crippen MR) is 107 cm³/mol. The summed E-state index contributed by atoms with van der Waals surface area (Å²) in [4.78, 5) is 15.0. The van der Waals surface area contributed by atoms with E-state index < -0.39 is 10.0 Å². The highest BCUT2D eigenvalue weighted by molar-refractivity contribution is 7.89. The number of nitrogens with one attached hydrogen (secondary N) is 1. The number of aromatic amines is 1. The third-order valence-electron chi connectivity index (χ3n) is 5.78. The first-order valence-electron chi connectivity index (χ1n) is 9.97. The summed E-state index contributed by atoms with van der Waals surface area (Å²) in [5.74, 6) is 0.519. The average molecular weight is 419 g/mol. The Kier molecular flexibility index (Phi) is 5.60. The molecule has 2 aliphatic rings. The molecular formula is C20H26N4O4S. The van der Waals surface area contributed by atoms with E-state index in [4.69, 9.17) is 4.74 Å². The number of carbonyl (C=O) groups excluding carboxylic acids is 1. The van der Waals surface area contributed by atoms with Crippen LogP contribution in [0.15, 0.2) is 35.4 Å². The number of ether oxygens (including phenoxy) is 1. The minimum Gasteiger partial charge on any atom is -0.497 e. The van der Waals surface area contributed by atoms with Crippen LogP contribution >= 0.6 is 0 Å². The molecule has 3 heterocycles. The summed E-state index contributed by atoms with van der Waals surface area (Å²) in [5, 5.41) is 7.07. The highest BCUT2D eigenvalue weighted by atomic mass is 32.2. The van der Waals surface area contributed by atoms with Crippen LogP contribution in [-0.4, -0.2) is 67.0 Å². The molecular weight excluding hydrogens is 392 g/mol. The van der Waals surface area contributed by atoms with Gasteiger partial charge in [-0.2, -0.15) is 9.40 Å². The van der Waals surface area contributed by atoms with Crippen LogP contribution < -0.4 is 4.74 Å². The van der Waals surface area contributed by atoms with Gasteiger partial charge in [0.2, 0.25) is 10.0 Å². The molecule has 0 aliphatic carbocycles. The summed E-state index contributed by atoms with van der Waals surface area (Å²) in [7, 11) is -2.07. The summed E-state index contributed by atoms with van der Waals surface area (Å²) in [6.07, 6.45) is 5.17. The summed E-state index contributed by atoms with van der Waals surface area (Å²) in [6.45, 7) is 2.34. The first kappa shape index (κ1) is 19.9. The van der Waals surface area contributed by atoms with Gasteiger partial charge in [-0.1, -0.05) is 0 Å². The van der Waals surface area contributed by atoms with Gasteiger partial charge < -0.3 is 9.64 Å². The van der Waals surface area contributed by atoms with Crippen LogP contribution in [0.5, 0.6) is 5.75 Å². The quantitative estimate of drug-likeness (QED) is 0.803. The highest BCUT2D eigenvalue weighted by Crippen LogP contribution is 2.32. The van der Waals surface area contributed by atoms with E-state index in [1.807, 2.05) is 4.90 Å². The van der Waals surface area contributed by atoms with Gasteiger partial charge in [-0.3, -0.25) is 9.89 Å². The fraction of sp³-hybridized carbons (Fsp3) is 0.500. The number of likely N-dealkylation sites (tertiary alicyclic amines) is 1. The number of amides is 1. The molecule has 0 spiro atoms. The van der Waals surface area contributed by atoms with E-state index in [1.54, 1.807) is 37.6 Å². The zero-order valence-electron chi connectivity index (χ0n) is 16.5. The van der Waals surface area contributed by atoms with Gasteiger partial charge >= 0.3 is 0 Å². The molecule has 1 unspecified atom stereocenters. The van der Waals surface area contributed by atoms with E-state index >= 15 is 0 Å². The summed E-state index contributed by atoms with van der Waals surface area (Å²) >= 11 is 0. The lowest BCUT2D eigenvalue weighted by atomic mass is 9.93. The van der Waals surface area contributed by atoms with Crippen molar-refractivity contribution < 1.29 is 17.9 Å². The number of benzene rings is 1. The Morgan fingerprint density at radius 2 is 1.86 bits per heavy atom. The van der Waals surface area contributed by atoms with Crippen LogP contribution in [0, 0.1) is 0 Å². The number of methoxy groups -OCH3 is 1. The highest BCUT2D eigenvalue weighted by Gasteiger charge is 2.34. The van der Waals surface area contributed by atoms with Crippen molar-refractivity contribution in [2.24, 2.45) is 0 Å². The number of piperidine rings is 1. The molecule has 4 rings (SSSR count). The van der Waals surface area contributed by atoms with Crippen LogP contribution in [0.3, 0.4) is 0 Å². The standard InChI is InChI=1S/C20H26N4O4S/c1-28-16-6-8-17(9-7-16)29(26,27)24-12-4-5-15(14-24)19-18(13-21-22-19)20(25)23-10-2-3-11-23/h6-9,13,15H,2-5,10-12,14H2,1H3,(H,21,22). The molecule has 1 aromatic carbocycles. The molecule has 1 N–H and O–H groups in total. The summed E-state index contributed by atoms with van der Waals surface area (Å²) < 4.78 is 32.9. The van der Waals surface area contributed by atoms with E-state index in [2.05, 4.69) is 10.2 Å². The number of nitrogens with zero attached hydrogens (tertiary/aromatic N) is 3. The summed E-state index contributed by atoms with van der Waals surface area (Å²) in [6, 6.07) is 6.43. The van der Waals surface area contributed by atoms with Crippen molar-refractivity contribution in [2.45, 2.75) is 36.5 Å². The van der Waals surface area contributed by atoms with E-state index in [0.29, 0.717) is 24.4 Å². The smallest absolute Gasteiger partial charge is 0.257 e. The SMILES string of the molecule is COc1ccc(S(=O)(=O)N2CCCC(c3[nH]ncc3C(=O)N3CCCC3)C2)cc1. The third kappa shape index (κ3) is 3.89. The average Bonchev–Trinajstić information content (AvgIpc) is 3.45. The van der Waals surface area contributed by atoms with Gasteiger partial charge in [-0.25, -0.2) is 8.42 Å². The van der Waals surface area contributed by atoms with Crippen molar-refractivity contribution in [3.8, 4) is 5.75 Å². The number of hydrogen-bond donors (Lipinski definition) is 1. The Balaban J connectivity index is 1.54. The Morgan fingerprint density at radius 3 is 2.55 bits per heavy atom. The molecule has 0 radical (unpaired) electrons. The van der Waals surface area contributed by atoms with Gasteiger partial charge in [0.05, 0.1) is 29.5 Å². The second-order valence-electron chi connectivity index (χ2n) is 7.57. The zero-order chi connectivity index (χ0) is 20.4. The lowest BCUT2D eigenvalue weighted by molar-refractivity contribution is 0.0791. The monoisotopic (exact) mass is 418 g/mol. The Bertz CT molecular complexity index is 965. The van der Waals surface area contributed by atoms with Crippen LogP contribution in [0.2, 0.25) is 0 Å². The van der Waals surface area contributed by atoms with Crippen molar-refractivity contribution in [2.75, 3.05) is 33.3 Å². The first-order chi connectivity index (χ1) is 14.0. The molecule has 29 heavy (non-hydrogen) atoms. The number of hydrogen-bond acceptors (Lipinski definition) is 5. The number of rotatable bonds is 5. The molecule has 1 amide bonds. The van der Waals surface area contributed by atoms with Crippen molar-refractivity contribution in [1.29, 1.82) is 0 Å². The van der Waals surface area contributed by atoms with Crippen molar-refractivity contribution in [3.05, 3.63) is 41.7 Å². The molecule has 156 valence electrons. The Morgan fingerprint density at radius 1 is 1.14 bits per heavy atom. The van der Waals surface area contributed by atoms with Gasteiger partial charge in [-0.15, -0.1) is 0 Å². The predicted octanol–water partition coefficient (Wildman–Crippen LogP) is 2.22. The lowest BCUT2D eigenvalue weighted by Crippen LogP contribution is -2.39. The van der Waals surface area contributed by atoms with Crippen LogP contribution in [0.25, 0.3) is 0 Å². The molecule has 2 aromatic rings. The molecule has 8 nitrogen and oxygen atoms in total. The van der Waals surface area contributed by atoms with Crippen molar-refractivity contribution in [3.63, 3.8) is 0 Å². The second-order valence-corrected chi connectivity index (χ2v) is 9.51. The maximum absolute atomic E-state index is 13.1. The van der Waals surface area contributed by atoms with Gasteiger partial charge in [0, 0.05) is 32.1 Å². The van der Waals surface area contributed by atoms with E-state index in [0.717, 1.165) is 44.5 Å². The van der Waals surface area contributed by atoms with Crippen LogP contribution in [0.4, 0.5) is 0 Å². The van der Waals surface area contributed by atoms with E-state index in [9.17, 15) is 13.2 Å². The fourth-order valence-corrected chi connectivity index (χ4v) is 5.69. The number of H-pyrrole nitrogens is 1. The van der Waals surface area contributed by atoms with E-state index in [1.165, 1.54) is 4.31 Å². The maximum Gasteiger partial charge on any atom is 0.257 e. The number of carbonyl (C=O) groups is 1. The molecule has 2 fully saturated rings. The summed E-state index contributed by atoms with van der Waals surface area (Å²) in [5.41, 5.74) is 1.32. The minimum atomic E-state index is -3.61. The number of aromatic nitrogens is 2. The van der Waals surface area contributed by atoms with Crippen LogP contribution in [-0.2, 0) is 10.0 Å². The van der Waals surface area contributed by atoms with Gasteiger partial charge in [0.15, 0.2) is 0 Å². The molecule has 9 heteroatoms. The fourth-order valence-electron chi connectivity index (χ4n) is 4.16.